The largest absolute Gasteiger partial charge is 0.379 e. The fourth-order valence-electron chi connectivity index (χ4n) is 1.84. The van der Waals surface area contributed by atoms with Crippen molar-refractivity contribution in [1.29, 1.82) is 0 Å². The minimum Gasteiger partial charge on any atom is -0.379 e. The standard InChI is InChI=1S/C13H22N2OS/c1-12(2,3)11-14-7-10(17-11)8-15-13(4)5-6-16-9-13/h7,15H,5-6,8-9H2,1-4H3. The molecule has 1 aliphatic heterocycles. The Morgan fingerprint density at radius 2 is 2.29 bits per heavy atom. The van der Waals surface area contributed by atoms with Crippen molar-refractivity contribution in [2.75, 3.05) is 13.2 Å². The van der Waals surface area contributed by atoms with E-state index in [0.717, 1.165) is 26.2 Å². The number of nitrogens with one attached hydrogen (secondary N) is 1. The molecular weight excluding hydrogens is 232 g/mol. The van der Waals surface area contributed by atoms with Gasteiger partial charge in [-0.05, 0) is 13.3 Å². The molecule has 1 aromatic rings. The van der Waals surface area contributed by atoms with E-state index in [4.69, 9.17) is 4.74 Å². The summed E-state index contributed by atoms with van der Waals surface area (Å²) in [6, 6.07) is 0. The Hall–Kier alpha value is -0.450. The van der Waals surface area contributed by atoms with E-state index >= 15 is 0 Å². The van der Waals surface area contributed by atoms with Gasteiger partial charge in [-0.1, -0.05) is 20.8 Å². The summed E-state index contributed by atoms with van der Waals surface area (Å²) in [6.45, 7) is 11.4. The Morgan fingerprint density at radius 3 is 2.82 bits per heavy atom. The Morgan fingerprint density at radius 1 is 1.53 bits per heavy atom. The van der Waals surface area contributed by atoms with Crippen molar-refractivity contribution < 1.29 is 4.74 Å². The highest BCUT2D eigenvalue weighted by Crippen LogP contribution is 2.27. The normalized spacial score (nSPS) is 25.4. The Labute approximate surface area is 108 Å². The molecule has 1 fully saturated rings. The zero-order valence-corrected chi connectivity index (χ0v) is 12.0. The van der Waals surface area contributed by atoms with Gasteiger partial charge < -0.3 is 10.1 Å². The number of aromatic nitrogens is 1. The van der Waals surface area contributed by atoms with E-state index in [0.29, 0.717) is 0 Å². The fraction of sp³-hybridized carbons (Fsp3) is 0.769. The molecule has 17 heavy (non-hydrogen) atoms. The first-order valence-electron chi connectivity index (χ1n) is 6.17. The van der Waals surface area contributed by atoms with Gasteiger partial charge in [-0.25, -0.2) is 4.98 Å². The lowest BCUT2D eigenvalue weighted by Crippen LogP contribution is -2.42. The van der Waals surface area contributed by atoms with Crippen LogP contribution in [0.1, 0.15) is 44.0 Å². The molecule has 2 rings (SSSR count). The van der Waals surface area contributed by atoms with Gasteiger partial charge in [-0.3, -0.25) is 0 Å². The molecule has 1 aromatic heterocycles. The number of thiazole rings is 1. The van der Waals surface area contributed by atoms with Crippen LogP contribution in [0, 0.1) is 0 Å². The van der Waals surface area contributed by atoms with Crippen LogP contribution in [0.15, 0.2) is 6.20 Å². The molecule has 96 valence electrons. The van der Waals surface area contributed by atoms with E-state index < -0.39 is 0 Å². The lowest BCUT2D eigenvalue weighted by Gasteiger charge is -2.23. The van der Waals surface area contributed by atoms with Crippen LogP contribution < -0.4 is 5.32 Å². The Balaban J connectivity index is 1.93. The zero-order valence-electron chi connectivity index (χ0n) is 11.2. The molecular formula is C13H22N2OS. The van der Waals surface area contributed by atoms with Gasteiger partial charge in [-0.2, -0.15) is 0 Å². The first-order valence-corrected chi connectivity index (χ1v) is 6.99. The Bertz CT molecular complexity index is 375. The van der Waals surface area contributed by atoms with Crippen LogP contribution >= 0.6 is 11.3 Å². The number of rotatable bonds is 3. The van der Waals surface area contributed by atoms with Crippen LogP contribution in [0.2, 0.25) is 0 Å². The molecule has 0 aromatic carbocycles. The van der Waals surface area contributed by atoms with Gasteiger partial charge in [0, 0.05) is 35.2 Å². The van der Waals surface area contributed by atoms with Crippen LogP contribution in [-0.4, -0.2) is 23.7 Å². The minimum absolute atomic E-state index is 0.145. The smallest absolute Gasteiger partial charge is 0.0981 e. The van der Waals surface area contributed by atoms with E-state index in [2.05, 4.69) is 38.0 Å². The van der Waals surface area contributed by atoms with Crippen LogP contribution in [0.4, 0.5) is 0 Å². The van der Waals surface area contributed by atoms with Gasteiger partial charge in [0.25, 0.3) is 0 Å². The summed E-state index contributed by atoms with van der Waals surface area (Å²) in [4.78, 5) is 5.81. The van der Waals surface area contributed by atoms with Gasteiger partial charge >= 0.3 is 0 Å². The van der Waals surface area contributed by atoms with Crippen LogP contribution in [0.25, 0.3) is 0 Å². The van der Waals surface area contributed by atoms with Crippen LogP contribution in [-0.2, 0) is 16.7 Å². The van der Waals surface area contributed by atoms with Gasteiger partial charge in [0.05, 0.1) is 11.6 Å². The monoisotopic (exact) mass is 254 g/mol. The molecule has 0 radical (unpaired) electrons. The summed E-state index contributed by atoms with van der Waals surface area (Å²) in [5.41, 5.74) is 0.301. The third-order valence-corrected chi connectivity index (χ3v) is 4.53. The molecule has 1 N–H and O–H groups in total. The second kappa shape index (κ2) is 4.67. The average molecular weight is 254 g/mol. The predicted octanol–water partition coefficient (Wildman–Crippen LogP) is 2.71. The first kappa shape index (κ1) is 13.0. The van der Waals surface area contributed by atoms with Crippen LogP contribution in [0.3, 0.4) is 0 Å². The average Bonchev–Trinajstić information content (AvgIpc) is 2.83. The molecule has 0 saturated carbocycles. The van der Waals surface area contributed by atoms with Crippen molar-refractivity contribution in [2.24, 2.45) is 0 Å². The van der Waals surface area contributed by atoms with Crippen molar-refractivity contribution in [3.05, 3.63) is 16.1 Å². The Kier molecular flexibility index (Phi) is 3.57. The third-order valence-electron chi connectivity index (χ3n) is 3.10. The topological polar surface area (TPSA) is 34.2 Å². The van der Waals surface area contributed by atoms with E-state index in [1.807, 2.05) is 17.5 Å². The van der Waals surface area contributed by atoms with Crippen molar-refractivity contribution in [3.8, 4) is 0 Å². The van der Waals surface area contributed by atoms with Gasteiger partial charge in [0.15, 0.2) is 0 Å². The maximum Gasteiger partial charge on any atom is 0.0981 e. The second-order valence-electron chi connectivity index (χ2n) is 6.10. The number of nitrogens with zero attached hydrogens (tertiary/aromatic N) is 1. The van der Waals surface area contributed by atoms with Gasteiger partial charge in [-0.15, -0.1) is 11.3 Å². The van der Waals surface area contributed by atoms with Crippen molar-refractivity contribution in [2.45, 2.75) is 51.6 Å². The summed E-state index contributed by atoms with van der Waals surface area (Å²) in [6.07, 6.45) is 3.09. The molecule has 2 heterocycles. The molecule has 0 aliphatic carbocycles. The summed E-state index contributed by atoms with van der Waals surface area (Å²) in [7, 11) is 0. The second-order valence-corrected chi connectivity index (χ2v) is 7.21. The summed E-state index contributed by atoms with van der Waals surface area (Å²) < 4.78 is 5.43. The minimum atomic E-state index is 0.145. The first-order chi connectivity index (χ1) is 7.89. The molecule has 0 amide bonds. The molecule has 1 atom stereocenters. The number of hydrogen-bond donors (Lipinski definition) is 1. The number of ether oxygens (including phenoxy) is 1. The van der Waals surface area contributed by atoms with Crippen LogP contribution in [0.5, 0.6) is 0 Å². The molecule has 3 nitrogen and oxygen atoms in total. The highest BCUT2D eigenvalue weighted by molar-refractivity contribution is 7.11. The molecule has 0 bridgehead atoms. The molecule has 1 unspecified atom stereocenters. The highest BCUT2D eigenvalue weighted by atomic mass is 32.1. The quantitative estimate of drug-likeness (QED) is 0.900. The molecule has 4 heteroatoms. The molecule has 0 spiro atoms. The summed E-state index contributed by atoms with van der Waals surface area (Å²) in [5.74, 6) is 0. The van der Waals surface area contributed by atoms with E-state index in [1.165, 1.54) is 9.88 Å². The maximum atomic E-state index is 5.43. The van der Waals surface area contributed by atoms with E-state index in [-0.39, 0.29) is 11.0 Å². The maximum absolute atomic E-state index is 5.43. The van der Waals surface area contributed by atoms with Gasteiger partial charge in [0.1, 0.15) is 0 Å². The SMILES string of the molecule is CC1(NCc2cnc(C(C)(C)C)s2)CCOC1. The zero-order chi connectivity index (χ0) is 12.5. The molecule has 1 saturated heterocycles. The van der Waals surface area contributed by atoms with Crippen molar-refractivity contribution in [1.82, 2.24) is 10.3 Å². The summed E-state index contributed by atoms with van der Waals surface area (Å²) >= 11 is 1.81. The number of hydrogen-bond acceptors (Lipinski definition) is 4. The van der Waals surface area contributed by atoms with Gasteiger partial charge in [0.2, 0.25) is 0 Å². The van der Waals surface area contributed by atoms with E-state index in [9.17, 15) is 0 Å². The van der Waals surface area contributed by atoms with Crippen molar-refractivity contribution in [3.63, 3.8) is 0 Å². The van der Waals surface area contributed by atoms with E-state index in [1.54, 1.807) is 0 Å². The summed E-state index contributed by atoms with van der Waals surface area (Å²) in [5, 5.41) is 4.79. The van der Waals surface area contributed by atoms with Crippen molar-refractivity contribution >= 4 is 11.3 Å². The lowest BCUT2D eigenvalue weighted by molar-refractivity contribution is 0.171. The third kappa shape index (κ3) is 3.27. The fourth-order valence-corrected chi connectivity index (χ4v) is 2.75. The highest BCUT2D eigenvalue weighted by Gasteiger charge is 2.29. The lowest BCUT2D eigenvalue weighted by atomic mass is 9.98. The predicted molar refractivity (Wildman–Crippen MR) is 71.5 cm³/mol. The molecule has 1 aliphatic rings.